The maximum Gasteiger partial charge on any atom is 0.337 e. The highest BCUT2D eigenvalue weighted by atomic mass is 16.5. The SMILES string of the molecule is COC(=O)c1ccc(N)c(OCC(=O)NCC2CC2)c1. The van der Waals surface area contributed by atoms with E-state index in [1.165, 1.54) is 26.0 Å². The Balaban J connectivity index is 1.90. The molecule has 6 heteroatoms. The fourth-order valence-corrected chi connectivity index (χ4v) is 1.68. The number of nitrogens with two attached hydrogens (primary N) is 1. The molecule has 0 aromatic heterocycles. The standard InChI is InChI=1S/C14H18N2O4/c1-19-14(18)10-4-5-11(15)12(6-10)20-8-13(17)16-7-9-2-3-9/h4-6,9H,2-3,7-8,15H2,1H3,(H,16,17). The van der Waals surface area contributed by atoms with Crippen molar-refractivity contribution in [3.8, 4) is 5.75 Å². The van der Waals surface area contributed by atoms with Crippen LogP contribution >= 0.6 is 0 Å². The van der Waals surface area contributed by atoms with Gasteiger partial charge in [0.1, 0.15) is 5.75 Å². The molecular formula is C14H18N2O4. The lowest BCUT2D eigenvalue weighted by Crippen LogP contribution is -2.30. The molecule has 0 bridgehead atoms. The van der Waals surface area contributed by atoms with Crippen molar-refractivity contribution in [2.24, 2.45) is 5.92 Å². The third-order valence-electron chi connectivity index (χ3n) is 3.08. The van der Waals surface area contributed by atoms with E-state index in [0.717, 1.165) is 0 Å². The quantitative estimate of drug-likeness (QED) is 0.597. The zero-order chi connectivity index (χ0) is 14.5. The summed E-state index contributed by atoms with van der Waals surface area (Å²) in [5, 5.41) is 2.79. The molecule has 2 rings (SSSR count). The van der Waals surface area contributed by atoms with E-state index in [4.69, 9.17) is 10.5 Å². The number of esters is 1. The predicted octanol–water partition coefficient (Wildman–Crippen LogP) is 0.960. The third-order valence-corrected chi connectivity index (χ3v) is 3.08. The van der Waals surface area contributed by atoms with Crippen molar-refractivity contribution >= 4 is 17.6 Å². The number of hydrogen-bond donors (Lipinski definition) is 2. The second kappa shape index (κ2) is 6.27. The molecule has 1 saturated carbocycles. The Morgan fingerprint density at radius 3 is 2.80 bits per heavy atom. The van der Waals surface area contributed by atoms with Crippen molar-refractivity contribution in [2.45, 2.75) is 12.8 Å². The molecule has 0 aliphatic heterocycles. The number of nitrogens with one attached hydrogen (secondary N) is 1. The second-order valence-corrected chi connectivity index (χ2v) is 4.78. The van der Waals surface area contributed by atoms with E-state index >= 15 is 0 Å². The van der Waals surface area contributed by atoms with Gasteiger partial charge in [0.25, 0.3) is 5.91 Å². The van der Waals surface area contributed by atoms with Crippen LogP contribution in [0.1, 0.15) is 23.2 Å². The fraction of sp³-hybridized carbons (Fsp3) is 0.429. The summed E-state index contributed by atoms with van der Waals surface area (Å²) in [5.74, 6) is 0.244. The number of methoxy groups -OCH3 is 1. The number of hydrogen-bond acceptors (Lipinski definition) is 5. The summed E-state index contributed by atoms with van der Waals surface area (Å²) in [6.07, 6.45) is 2.35. The molecule has 0 unspecified atom stereocenters. The first-order valence-electron chi connectivity index (χ1n) is 6.47. The van der Waals surface area contributed by atoms with Gasteiger partial charge in [-0.15, -0.1) is 0 Å². The average Bonchev–Trinajstić information content (AvgIpc) is 3.27. The first-order valence-corrected chi connectivity index (χ1v) is 6.47. The molecule has 0 heterocycles. The molecule has 1 aromatic carbocycles. The maximum atomic E-state index is 11.6. The number of amides is 1. The Morgan fingerprint density at radius 2 is 2.15 bits per heavy atom. The Morgan fingerprint density at radius 1 is 1.40 bits per heavy atom. The Kier molecular flexibility index (Phi) is 4.45. The molecule has 1 aliphatic carbocycles. The van der Waals surface area contributed by atoms with E-state index in [2.05, 4.69) is 10.1 Å². The second-order valence-electron chi connectivity index (χ2n) is 4.78. The van der Waals surface area contributed by atoms with Gasteiger partial charge in [-0.2, -0.15) is 0 Å². The Labute approximate surface area is 117 Å². The first-order chi connectivity index (χ1) is 9.60. The summed E-state index contributed by atoms with van der Waals surface area (Å²) in [5.41, 5.74) is 6.44. The fourth-order valence-electron chi connectivity index (χ4n) is 1.68. The van der Waals surface area contributed by atoms with Crippen molar-refractivity contribution in [1.82, 2.24) is 5.32 Å². The summed E-state index contributed by atoms with van der Waals surface area (Å²) in [6, 6.07) is 4.56. The van der Waals surface area contributed by atoms with Crippen molar-refractivity contribution < 1.29 is 19.1 Å². The lowest BCUT2D eigenvalue weighted by Gasteiger charge is -2.10. The van der Waals surface area contributed by atoms with Gasteiger partial charge in [-0.05, 0) is 37.0 Å². The van der Waals surface area contributed by atoms with E-state index in [1.807, 2.05) is 0 Å². The van der Waals surface area contributed by atoms with Crippen LogP contribution in [0.4, 0.5) is 5.69 Å². The van der Waals surface area contributed by atoms with Crippen LogP contribution in [0.3, 0.4) is 0 Å². The zero-order valence-electron chi connectivity index (χ0n) is 11.3. The van der Waals surface area contributed by atoms with Gasteiger partial charge in [-0.25, -0.2) is 4.79 Å². The summed E-state index contributed by atoms with van der Waals surface area (Å²) >= 11 is 0. The van der Waals surface area contributed by atoms with Crippen LogP contribution in [-0.4, -0.2) is 32.1 Å². The Bertz CT molecular complexity index is 512. The molecule has 0 saturated heterocycles. The molecule has 6 nitrogen and oxygen atoms in total. The smallest absolute Gasteiger partial charge is 0.337 e. The van der Waals surface area contributed by atoms with Gasteiger partial charge in [0.05, 0.1) is 18.4 Å². The molecule has 0 radical (unpaired) electrons. The van der Waals surface area contributed by atoms with Gasteiger partial charge in [0.15, 0.2) is 6.61 Å². The van der Waals surface area contributed by atoms with Gasteiger partial charge in [0.2, 0.25) is 0 Å². The highest BCUT2D eigenvalue weighted by molar-refractivity contribution is 5.90. The molecule has 0 spiro atoms. The predicted molar refractivity (Wildman–Crippen MR) is 73.4 cm³/mol. The topological polar surface area (TPSA) is 90.7 Å². The van der Waals surface area contributed by atoms with E-state index in [9.17, 15) is 9.59 Å². The molecule has 0 atom stereocenters. The number of anilines is 1. The average molecular weight is 278 g/mol. The van der Waals surface area contributed by atoms with E-state index in [1.54, 1.807) is 12.1 Å². The molecule has 20 heavy (non-hydrogen) atoms. The number of carbonyl (C=O) groups excluding carboxylic acids is 2. The van der Waals surface area contributed by atoms with Crippen LogP contribution in [-0.2, 0) is 9.53 Å². The highest BCUT2D eigenvalue weighted by Crippen LogP contribution is 2.27. The van der Waals surface area contributed by atoms with Gasteiger partial charge in [-0.1, -0.05) is 0 Å². The van der Waals surface area contributed by atoms with Gasteiger partial charge >= 0.3 is 5.97 Å². The monoisotopic (exact) mass is 278 g/mol. The van der Waals surface area contributed by atoms with Crippen molar-refractivity contribution in [3.63, 3.8) is 0 Å². The number of rotatable bonds is 6. The molecule has 108 valence electrons. The van der Waals surface area contributed by atoms with Crippen LogP contribution < -0.4 is 15.8 Å². The summed E-state index contributed by atoms with van der Waals surface area (Å²) < 4.78 is 9.96. The summed E-state index contributed by atoms with van der Waals surface area (Å²) in [7, 11) is 1.30. The molecule has 1 amide bonds. The summed E-state index contributed by atoms with van der Waals surface area (Å²) in [6.45, 7) is 0.571. The Hall–Kier alpha value is -2.24. The number of benzene rings is 1. The minimum atomic E-state index is -0.479. The number of ether oxygens (including phenoxy) is 2. The summed E-state index contributed by atoms with van der Waals surface area (Å²) in [4.78, 5) is 23.0. The van der Waals surface area contributed by atoms with Gasteiger partial charge < -0.3 is 20.5 Å². The van der Waals surface area contributed by atoms with E-state index < -0.39 is 5.97 Å². The van der Waals surface area contributed by atoms with Crippen LogP contribution in [0.5, 0.6) is 5.75 Å². The van der Waals surface area contributed by atoms with E-state index in [0.29, 0.717) is 29.5 Å². The first kappa shape index (κ1) is 14.2. The number of nitrogen functional groups attached to an aromatic ring is 1. The van der Waals surface area contributed by atoms with Gasteiger partial charge in [0, 0.05) is 6.54 Å². The van der Waals surface area contributed by atoms with E-state index in [-0.39, 0.29) is 12.5 Å². The minimum Gasteiger partial charge on any atom is -0.482 e. The zero-order valence-corrected chi connectivity index (χ0v) is 11.3. The van der Waals surface area contributed by atoms with Crippen molar-refractivity contribution in [3.05, 3.63) is 23.8 Å². The van der Waals surface area contributed by atoms with Crippen molar-refractivity contribution in [1.29, 1.82) is 0 Å². The third kappa shape index (κ3) is 3.88. The molecule has 1 aromatic rings. The lowest BCUT2D eigenvalue weighted by molar-refractivity contribution is -0.123. The van der Waals surface area contributed by atoms with Crippen LogP contribution in [0, 0.1) is 5.92 Å². The minimum absolute atomic E-state index is 0.123. The highest BCUT2D eigenvalue weighted by Gasteiger charge is 2.21. The van der Waals surface area contributed by atoms with Crippen molar-refractivity contribution in [2.75, 3.05) is 26.0 Å². The van der Waals surface area contributed by atoms with Crippen LogP contribution in [0.15, 0.2) is 18.2 Å². The lowest BCUT2D eigenvalue weighted by atomic mass is 10.2. The van der Waals surface area contributed by atoms with Crippen LogP contribution in [0.2, 0.25) is 0 Å². The molecular weight excluding hydrogens is 260 g/mol. The van der Waals surface area contributed by atoms with Gasteiger partial charge in [-0.3, -0.25) is 4.79 Å². The number of carbonyl (C=O) groups is 2. The van der Waals surface area contributed by atoms with Crippen LogP contribution in [0.25, 0.3) is 0 Å². The largest absolute Gasteiger partial charge is 0.482 e. The molecule has 1 aliphatic rings. The molecule has 1 fully saturated rings. The normalized spacial score (nSPS) is 13.7. The maximum absolute atomic E-state index is 11.6. The molecule has 3 N–H and O–H groups in total.